The van der Waals surface area contributed by atoms with Gasteiger partial charge in [0.2, 0.25) is 0 Å². The van der Waals surface area contributed by atoms with E-state index in [9.17, 15) is 4.79 Å². The molecule has 0 fully saturated rings. The first-order chi connectivity index (χ1) is 5.54. The Labute approximate surface area is 74.0 Å². The molecule has 3 heteroatoms. The molecule has 0 heterocycles. The molecule has 0 aliphatic carbocycles. The fourth-order valence-electron chi connectivity index (χ4n) is 1.21. The van der Waals surface area contributed by atoms with Gasteiger partial charge >= 0.3 is 0 Å². The largest absolute Gasteiger partial charge is 0.350 e. The SMILES string of the molecule is CCOC(C)(CC(C)=O)OCC. The molecule has 0 aliphatic heterocycles. The van der Waals surface area contributed by atoms with Crippen molar-refractivity contribution in [1.82, 2.24) is 0 Å². The summed E-state index contributed by atoms with van der Waals surface area (Å²) < 4.78 is 10.7. The molecule has 0 radical (unpaired) electrons. The predicted octanol–water partition coefficient (Wildman–Crippen LogP) is 1.75. The summed E-state index contributed by atoms with van der Waals surface area (Å²) in [4.78, 5) is 10.8. The topological polar surface area (TPSA) is 35.5 Å². The quantitative estimate of drug-likeness (QED) is 0.575. The smallest absolute Gasteiger partial charge is 0.172 e. The van der Waals surface area contributed by atoms with Crippen molar-refractivity contribution in [3.8, 4) is 0 Å². The summed E-state index contributed by atoms with van der Waals surface area (Å²) >= 11 is 0. The second kappa shape index (κ2) is 5.27. The molecule has 0 rings (SSSR count). The number of carbonyl (C=O) groups excluding carboxylic acids is 1. The lowest BCUT2D eigenvalue weighted by atomic mass is 10.1. The molecule has 3 nitrogen and oxygen atoms in total. The molecule has 0 saturated carbocycles. The van der Waals surface area contributed by atoms with Crippen molar-refractivity contribution >= 4 is 5.78 Å². The number of ether oxygens (including phenoxy) is 2. The second-order valence-electron chi connectivity index (χ2n) is 2.88. The van der Waals surface area contributed by atoms with Crippen LogP contribution >= 0.6 is 0 Å². The van der Waals surface area contributed by atoms with Crippen molar-refractivity contribution in [2.45, 2.75) is 39.9 Å². The molecule has 0 aromatic rings. The van der Waals surface area contributed by atoms with E-state index in [1.54, 1.807) is 6.92 Å². The van der Waals surface area contributed by atoms with Crippen molar-refractivity contribution in [3.63, 3.8) is 0 Å². The molecule has 0 atom stereocenters. The van der Waals surface area contributed by atoms with E-state index in [1.165, 1.54) is 6.92 Å². The molecular formula is C9H18O3. The van der Waals surface area contributed by atoms with Crippen molar-refractivity contribution < 1.29 is 14.3 Å². The molecule has 0 unspecified atom stereocenters. The van der Waals surface area contributed by atoms with Gasteiger partial charge in [-0.1, -0.05) is 0 Å². The molecule has 0 bridgehead atoms. The van der Waals surface area contributed by atoms with E-state index in [4.69, 9.17) is 9.47 Å². The average molecular weight is 174 g/mol. The van der Waals surface area contributed by atoms with Crippen molar-refractivity contribution in [1.29, 1.82) is 0 Å². The lowest BCUT2D eigenvalue weighted by molar-refractivity contribution is -0.222. The van der Waals surface area contributed by atoms with Crippen LogP contribution in [0.15, 0.2) is 0 Å². The first-order valence-corrected chi connectivity index (χ1v) is 4.31. The monoisotopic (exact) mass is 174 g/mol. The normalized spacial score (nSPS) is 11.7. The van der Waals surface area contributed by atoms with Crippen molar-refractivity contribution in [2.75, 3.05) is 13.2 Å². The van der Waals surface area contributed by atoms with Crippen LogP contribution in [0.4, 0.5) is 0 Å². The Hall–Kier alpha value is -0.410. The molecule has 72 valence electrons. The van der Waals surface area contributed by atoms with Gasteiger partial charge in [-0.25, -0.2) is 0 Å². The zero-order chi connectivity index (χ0) is 9.61. The van der Waals surface area contributed by atoms with Crippen LogP contribution in [0.1, 0.15) is 34.1 Å². The molecule has 0 aromatic carbocycles. The van der Waals surface area contributed by atoms with E-state index in [-0.39, 0.29) is 5.78 Å². The Morgan fingerprint density at radius 1 is 1.25 bits per heavy atom. The van der Waals surface area contributed by atoms with Crippen LogP contribution in [0.25, 0.3) is 0 Å². The van der Waals surface area contributed by atoms with Crippen LogP contribution in [0.3, 0.4) is 0 Å². The molecule has 0 N–H and O–H groups in total. The number of Topliss-reactive ketones (excluding diaryl/α,β-unsaturated/α-hetero) is 1. The van der Waals surface area contributed by atoms with E-state index in [2.05, 4.69) is 0 Å². The highest BCUT2D eigenvalue weighted by atomic mass is 16.7. The number of ketones is 1. The zero-order valence-electron chi connectivity index (χ0n) is 8.35. The number of carbonyl (C=O) groups is 1. The molecule has 12 heavy (non-hydrogen) atoms. The zero-order valence-corrected chi connectivity index (χ0v) is 8.35. The van der Waals surface area contributed by atoms with Gasteiger partial charge in [-0.15, -0.1) is 0 Å². The summed E-state index contributed by atoms with van der Waals surface area (Å²) in [6.45, 7) is 8.22. The van der Waals surface area contributed by atoms with Crippen LogP contribution in [0.2, 0.25) is 0 Å². The van der Waals surface area contributed by atoms with E-state index >= 15 is 0 Å². The van der Waals surface area contributed by atoms with Crippen LogP contribution in [-0.4, -0.2) is 24.8 Å². The Kier molecular flexibility index (Phi) is 5.09. The van der Waals surface area contributed by atoms with Crippen LogP contribution in [0.5, 0.6) is 0 Å². The standard InChI is InChI=1S/C9H18O3/c1-5-11-9(4,12-6-2)7-8(3)10/h5-7H2,1-4H3. The van der Waals surface area contributed by atoms with Gasteiger partial charge in [0, 0.05) is 13.2 Å². The number of rotatable bonds is 6. The van der Waals surface area contributed by atoms with E-state index in [1.807, 2.05) is 13.8 Å². The Morgan fingerprint density at radius 3 is 1.92 bits per heavy atom. The summed E-state index contributed by atoms with van der Waals surface area (Å²) in [5.74, 6) is -0.644. The first kappa shape index (κ1) is 11.6. The Balaban J connectivity index is 4.07. The molecule has 0 aliphatic rings. The third-order valence-electron chi connectivity index (χ3n) is 1.47. The average Bonchev–Trinajstić information content (AvgIpc) is 1.85. The third-order valence-corrected chi connectivity index (χ3v) is 1.47. The van der Waals surface area contributed by atoms with Crippen LogP contribution < -0.4 is 0 Å². The molecule has 0 spiro atoms. The van der Waals surface area contributed by atoms with E-state index in [0.29, 0.717) is 19.6 Å². The maximum Gasteiger partial charge on any atom is 0.172 e. The van der Waals surface area contributed by atoms with Gasteiger partial charge in [-0.3, -0.25) is 4.79 Å². The maximum atomic E-state index is 10.8. The van der Waals surface area contributed by atoms with Crippen LogP contribution in [0, 0.1) is 0 Å². The highest BCUT2D eigenvalue weighted by Crippen LogP contribution is 2.17. The summed E-state index contributed by atoms with van der Waals surface area (Å²) in [6, 6.07) is 0. The minimum atomic E-state index is -0.727. The van der Waals surface area contributed by atoms with Gasteiger partial charge in [0.1, 0.15) is 5.78 Å². The molecular weight excluding hydrogens is 156 g/mol. The minimum absolute atomic E-state index is 0.0828. The van der Waals surface area contributed by atoms with Gasteiger partial charge in [-0.2, -0.15) is 0 Å². The lowest BCUT2D eigenvalue weighted by Crippen LogP contribution is -2.34. The van der Waals surface area contributed by atoms with Gasteiger partial charge in [0.25, 0.3) is 0 Å². The molecule has 0 saturated heterocycles. The van der Waals surface area contributed by atoms with Crippen molar-refractivity contribution in [2.24, 2.45) is 0 Å². The molecule has 0 amide bonds. The molecule has 0 aromatic heterocycles. The van der Waals surface area contributed by atoms with Gasteiger partial charge in [-0.05, 0) is 27.7 Å². The predicted molar refractivity (Wildman–Crippen MR) is 47.0 cm³/mol. The fraction of sp³-hybridized carbons (Fsp3) is 0.889. The highest BCUT2D eigenvalue weighted by molar-refractivity contribution is 5.76. The van der Waals surface area contributed by atoms with E-state index < -0.39 is 5.79 Å². The number of hydrogen-bond donors (Lipinski definition) is 0. The second-order valence-corrected chi connectivity index (χ2v) is 2.88. The summed E-state index contributed by atoms with van der Waals surface area (Å²) in [5, 5.41) is 0. The van der Waals surface area contributed by atoms with Crippen molar-refractivity contribution in [3.05, 3.63) is 0 Å². The Morgan fingerprint density at radius 2 is 1.67 bits per heavy atom. The fourth-order valence-corrected chi connectivity index (χ4v) is 1.21. The summed E-state index contributed by atoms with van der Waals surface area (Å²) in [7, 11) is 0. The summed E-state index contributed by atoms with van der Waals surface area (Å²) in [6.07, 6.45) is 0.314. The van der Waals surface area contributed by atoms with Gasteiger partial charge in [0.15, 0.2) is 5.79 Å². The summed E-state index contributed by atoms with van der Waals surface area (Å²) in [5.41, 5.74) is 0. The minimum Gasteiger partial charge on any atom is -0.350 e. The van der Waals surface area contributed by atoms with Gasteiger partial charge < -0.3 is 9.47 Å². The number of hydrogen-bond acceptors (Lipinski definition) is 3. The third kappa shape index (κ3) is 4.46. The Bertz CT molecular complexity index is 137. The maximum absolute atomic E-state index is 10.8. The van der Waals surface area contributed by atoms with E-state index in [0.717, 1.165) is 0 Å². The highest BCUT2D eigenvalue weighted by Gasteiger charge is 2.26. The van der Waals surface area contributed by atoms with Crippen LogP contribution in [-0.2, 0) is 14.3 Å². The first-order valence-electron chi connectivity index (χ1n) is 4.31. The lowest BCUT2D eigenvalue weighted by Gasteiger charge is -2.27. The van der Waals surface area contributed by atoms with Gasteiger partial charge in [0.05, 0.1) is 6.42 Å².